The summed E-state index contributed by atoms with van der Waals surface area (Å²) in [4.78, 5) is 25.3. The minimum absolute atomic E-state index is 0.0195. The lowest BCUT2D eigenvalue weighted by molar-refractivity contribution is -0.154. The lowest BCUT2D eigenvalue weighted by Crippen LogP contribution is -2.59. The van der Waals surface area contributed by atoms with Crippen LogP contribution in [0.4, 0.5) is 0 Å². The second kappa shape index (κ2) is 6.18. The molecule has 1 fully saturated rings. The molecule has 0 radical (unpaired) electrons. The van der Waals surface area contributed by atoms with Crippen molar-refractivity contribution in [3.05, 3.63) is 0 Å². The number of carboxylic acids is 1. The van der Waals surface area contributed by atoms with Gasteiger partial charge in [0.05, 0.1) is 0 Å². The van der Waals surface area contributed by atoms with Crippen LogP contribution in [0.15, 0.2) is 0 Å². The number of carbonyl (C=O) groups excluding carboxylic acids is 1. The van der Waals surface area contributed by atoms with E-state index in [1.807, 2.05) is 27.7 Å². The first-order valence-electron chi connectivity index (χ1n) is 6.60. The molecule has 0 saturated carbocycles. The number of carboxylic acid groups (broad SMARTS) is 1. The molecule has 1 atom stereocenters. The maximum Gasteiger partial charge on any atom is 0.327 e. The van der Waals surface area contributed by atoms with Crippen LogP contribution in [0.2, 0.25) is 0 Å². The van der Waals surface area contributed by atoms with Crippen molar-refractivity contribution in [1.29, 1.82) is 0 Å². The van der Waals surface area contributed by atoms with Gasteiger partial charge in [0.1, 0.15) is 6.04 Å². The predicted octanol–water partition coefficient (Wildman–Crippen LogP) is 0.800. The quantitative estimate of drug-likeness (QED) is 0.780. The standard InChI is InChI=1S/C13H24N2O3/c1-8(2)11(9(3)4)12(16)15-6-5-14-7-10(15)13(17)18/h8-11,14H,5-7H2,1-4H3,(H,17,18). The first-order valence-corrected chi connectivity index (χ1v) is 6.60. The first kappa shape index (κ1) is 15.0. The molecule has 1 heterocycles. The average molecular weight is 256 g/mol. The number of nitrogens with one attached hydrogen (secondary N) is 1. The molecule has 0 aromatic heterocycles. The van der Waals surface area contributed by atoms with Gasteiger partial charge in [0, 0.05) is 25.6 Å². The van der Waals surface area contributed by atoms with Gasteiger partial charge >= 0.3 is 5.97 Å². The molecule has 18 heavy (non-hydrogen) atoms. The van der Waals surface area contributed by atoms with Gasteiger partial charge in [0.2, 0.25) is 5.91 Å². The zero-order valence-corrected chi connectivity index (χ0v) is 11.6. The molecule has 1 amide bonds. The van der Waals surface area contributed by atoms with Crippen molar-refractivity contribution in [3.8, 4) is 0 Å². The van der Waals surface area contributed by atoms with Gasteiger partial charge in [-0.2, -0.15) is 0 Å². The van der Waals surface area contributed by atoms with Gasteiger partial charge in [0.25, 0.3) is 0 Å². The summed E-state index contributed by atoms with van der Waals surface area (Å²) in [6.07, 6.45) is 0. The average Bonchev–Trinajstić information content (AvgIpc) is 2.27. The second-order valence-electron chi connectivity index (χ2n) is 5.60. The molecule has 0 bridgehead atoms. The van der Waals surface area contributed by atoms with Crippen LogP contribution in [0.5, 0.6) is 0 Å². The molecule has 1 unspecified atom stereocenters. The molecule has 0 aliphatic carbocycles. The van der Waals surface area contributed by atoms with Gasteiger partial charge in [-0.05, 0) is 11.8 Å². The molecule has 5 nitrogen and oxygen atoms in total. The third kappa shape index (κ3) is 3.22. The van der Waals surface area contributed by atoms with Crippen LogP contribution in [0, 0.1) is 17.8 Å². The van der Waals surface area contributed by atoms with Crippen LogP contribution in [0.25, 0.3) is 0 Å². The van der Waals surface area contributed by atoms with Crippen LogP contribution in [-0.4, -0.2) is 47.6 Å². The Morgan fingerprint density at radius 1 is 1.22 bits per heavy atom. The Balaban J connectivity index is 2.88. The summed E-state index contributed by atoms with van der Waals surface area (Å²) in [6.45, 7) is 9.54. The van der Waals surface area contributed by atoms with Crippen LogP contribution in [0.3, 0.4) is 0 Å². The van der Waals surface area contributed by atoms with E-state index in [1.54, 1.807) is 0 Å². The topological polar surface area (TPSA) is 69.6 Å². The zero-order chi connectivity index (χ0) is 13.9. The number of carbonyl (C=O) groups is 2. The third-order valence-corrected chi connectivity index (χ3v) is 3.53. The van der Waals surface area contributed by atoms with Gasteiger partial charge < -0.3 is 15.3 Å². The maximum absolute atomic E-state index is 12.5. The maximum atomic E-state index is 12.5. The molecule has 5 heteroatoms. The van der Waals surface area contributed by atoms with Gasteiger partial charge in [0.15, 0.2) is 0 Å². The molecule has 104 valence electrons. The Kier molecular flexibility index (Phi) is 5.14. The van der Waals surface area contributed by atoms with E-state index in [9.17, 15) is 14.7 Å². The Hall–Kier alpha value is -1.10. The van der Waals surface area contributed by atoms with Crippen LogP contribution >= 0.6 is 0 Å². The summed E-state index contributed by atoms with van der Waals surface area (Å²) in [5.74, 6) is -0.607. The highest BCUT2D eigenvalue weighted by molar-refractivity contribution is 5.85. The molecular formula is C13H24N2O3. The third-order valence-electron chi connectivity index (χ3n) is 3.53. The van der Waals surface area contributed by atoms with E-state index in [1.165, 1.54) is 4.90 Å². The van der Waals surface area contributed by atoms with E-state index in [4.69, 9.17) is 0 Å². The Bertz CT molecular complexity index is 307. The van der Waals surface area contributed by atoms with Gasteiger partial charge in [-0.3, -0.25) is 4.79 Å². The number of aliphatic carboxylic acids is 1. The zero-order valence-electron chi connectivity index (χ0n) is 11.6. The molecule has 1 rings (SSSR count). The highest BCUT2D eigenvalue weighted by Crippen LogP contribution is 2.24. The summed E-state index contributed by atoms with van der Waals surface area (Å²) in [7, 11) is 0. The first-order chi connectivity index (χ1) is 8.36. The molecule has 0 spiro atoms. The number of nitrogens with zero attached hydrogens (tertiary/aromatic N) is 1. The van der Waals surface area contributed by atoms with E-state index in [-0.39, 0.29) is 23.7 Å². The van der Waals surface area contributed by atoms with E-state index < -0.39 is 12.0 Å². The van der Waals surface area contributed by atoms with Crippen molar-refractivity contribution in [2.75, 3.05) is 19.6 Å². The smallest absolute Gasteiger partial charge is 0.327 e. The molecule has 0 aromatic rings. The molecule has 1 aliphatic rings. The van der Waals surface area contributed by atoms with E-state index in [2.05, 4.69) is 5.32 Å². The summed E-state index contributed by atoms with van der Waals surface area (Å²) >= 11 is 0. The normalized spacial score (nSPS) is 20.8. The molecule has 2 N–H and O–H groups in total. The Morgan fingerprint density at radius 3 is 2.22 bits per heavy atom. The van der Waals surface area contributed by atoms with Crippen LogP contribution in [-0.2, 0) is 9.59 Å². The number of hydrogen-bond donors (Lipinski definition) is 2. The van der Waals surface area contributed by atoms with Gasteiger partial charge in [-0.1, -0.05) is 27.7 Å². The number of hydrogen-bond acceptors (Lipinski definition) is 3. The highest BCUT2D eigenvalue weighted by Gasteiger charge is 2.37. The summed E-state index contributed by atoms with van der Waals surface area (Å²) in [6, 6.07) is -0.730. The minimum atomic E-state index is -0.929. The van der Waals surface area contributed by atoms with E-state index >= 15 is 0 Å². The lowest BCUT2D eigenvalue weighted by Gasteiger charge is -2.37. The van der Waals surface area contributed by atoms with Gasteiger partial charge in [-0.15, -0.1) is 0 Å². The second-order valence-corrected chi connectivity index (χ2v) is 5.60. The summed E-state index contributed by atoms with van der Waals surface area (Å²) in [5.41, 5.74) is 0. The monoisotopic (exact) mass is 256 g/mol. The molecule has 1 saturated heterocycles. The SMILES string of the molecule is CC(C)C(C(=O)N1CCNCC1C(=O)O)C(C)C. The number of piperazine rings is 1. The minimum Gasteiger partial charge on any atom is -0.480 e. The molecule has 1 aliphatic heterocycles. The summed E-state index contributed by atoms with van der Waals surface area (Å²) in [5, 5.41) is 12.2. The van der Waals surface area contributed by atoms with Crippen molar-refractivity contribution in [1.82, 2.24) is 10.2 Å². The van der Waals surface area contributed by atoms with Crippen LogP contribution in [0.1, 0.15) is 27.7 Å². The van der Waals surface area contributed by atoms with Crippen molar-refractivity contribution in [2.45, 2.75) is 33.7 Å². The Morgan fingerprint density at radius 2 is 1.78 bits per heavy atom. The van der Waals surface area contributed by atoms with Crippen LogP contribution < -0.4 is 5.32 Å². The fraction of sp³-hybridized carbons (Fsp3) is 0.846. The van der Waals surface area contributed by atoms with E-state index in [0.717, 1.165) is 0 Å². The lowest BCUT2D eigenvalue weighted by atomic mass is 9.84. The van der Waals surface area contributed by atoms with Crippen molar-refractivity contribution in [3.63, 3.8) is 0 Å². The van der Waals surface area contributed by atoms with Crippen molar-refractivity contribution >= 4 is 11.9 Å². The van der Waals surface area contributed by atoms with E-state index in [0.29, 0.717) is 19.6 Å². The fourth-order valence-corrected chi connectivity index (χ4v) is 2.72. The highest BCUT2D eigenvalue weighted by atomic mass is 16.4. The Labute approximate surface area is 109 Å². The predicted molar refractivity (Wildman–Crippen MR) is 69.2 cm³/mol. The van der Waals surface area contributed by atoms with Crippen molar-refractivity contribution < 1.29 is 14.7 Å². The molecular weight excluding hydrogens is 232 g/mol. The largest absolute Gasteiger partial charge is 0.480 e. The number of rotatable bonds is 4. The summed E-state index contributed by atoms with van der Waals surface area (Å²) < 4.78 is 0. The molecule has 0 aromatic carbocycles. The fourth-order valence-electron chi connectivity index (χ4n) is 2.72. The van der Waals surface area contributed by atoms with Crippen molar-refractivity contribution in [2.24, 2.45) is 17.8 Å². The van der Waals surface area contributed by atoms with Gasteiger partial charge in [-0.25, -0.2) is 4.79 Å². The number of amides is 1.